The highest BCUT2D eigenvalue weighted by Crippen LogP contribution is 2.40. The van der Waals surface area contributed by atoms with Crippen molar-refractivity contribution in [3.05, 3.63) is 41.5 Å². The van der Waals surface area contributed by atoms with Crippen molar-refractivity contribution < 1.29 is 30.0 Å². The molecule has 0 atom stereocenters. The summed E-state index contributed by atoms with van der Waals surface area (Å²) in [7, 11) is 1.30. The number of phenols is 4. The Balaban J connectivity index is 2.55. The lowest BCUT2D eigenvalue weighted by molar-refractivity contribution is 0.103. The summed E-state index contributed by atoms with van der Waals surface area (Å²) in [6.07, 6.45) is 0. The highest BCUT2D eigenvalue weighted by Gasteiger charge is 2.22. The Kier molecular flexibility index (Phi) is 3.39. The molecule has 20 heavy (non-hydrogen) atoms. The van der Waals surface area contributed by atoms with E-state index in [0.717, 1.165) is 0 Å². The van der Waals surface area contributed by atoms with Gasteiger partial charge in [0, 0.05) is 0 Å². The SMILES string of the molecule is COc1ccc(C(=O)c2cccc(O)c2O)c(O)c1O. The Morgan fingerprint density at radius 2 is 1.55 bits per heavy atom. The van der Waals surface area contributed by atoms with Gasteiger partial charge in [0.25, 0.3) is 0 Å². The molecule has 0 aliphatic rings. The normalized spacial score (nSPS) is 10.2. The molecule has 0 radical (unpaired) electrons. The van der Waals surface area contributed by atoms with Crippen molar-refractivity contribution in [3.63, 3.8) is 0 Å². The minimum Gasteiger partial charge on any atom is -0.504 e. The van der Waals surface area contributed by atoms with Crippen LogP contribution in [0.5, 0.6) is 28.7 Å². The van der Waals surface area contributed by atoms with Gasteiger partial charge in [0.15, 0.2) is 23.0 Å². The molecule has 0 heterocycles. The van der Waals surface area contributed by atoms with Crippen molar-refractivity contribution in [2.75, 3.05) is 7.11 Å². The van der Waals surface area contributed by atoms with Gasteiger partial charge in [0.1, 0.15) is 0 Å². The smallest absolute Gasteiger partial charge is 0.201 e. The number of hydrogen-bond donors (Lipinski definition) is 4. The monoisotopic (exact) mass is 276 g/mol. The van der Waals surface area contributed by atoms with E-state index < -0.39 is 28.8 Å². The highest BCUT2D eigenvalue weighted by atomic mass is 16.5. The molecule has 2 aromatic rings. The fourth-order valence-corrected chi connectivity index (χ4v) is 1.77. The van der Waals surface area contributed by atoms with E-state index in [0.29, 0.717) is 0 Å². The summed E-state index contributed by atoms with van der Waals surface area (Å²) in [5, 5.41) is 38.5. The zero-order valence-electron chi connectivity index (χ0n) is 10.5. The van der Waals surface area contributed by atoms with Crippen molar-refractivity contribution in [1.29, 1.82) is 0 Å². The number of hydrogen-bond acceptors (Lipinski definition) is 6. The van der Waals surface area contributed by atoms with Gasteiger partial charge in [0.05, 0.1) is 18.2 Å². The first-order valence-electron chi connectivity index (χ1n) is 5.62. The number of carbonyl (C=O) groups is 1. The number of benzene rings is 2. The highest BCUT2D eigenvalue weighted by molar-refractivity contribution is 6.13. The molecule has 2 rings (SSSR count). The number of phenolic OH excluding ortho intramolecular Hbond substituents is 4. The van der Waals surface area contributed by atoms with Gasteiger partial charge in [-0.25, -0.2) is 0 Å². The summed E-state index contributed by atoms with van der Waals surface area (Å²) in [6, 6.07) is 6.44. The number of rotatable bonds is 3. The molecule has 0 unspecified atom stereocenters. The Labute approximate surface area is 114 Å². The van der Waals surface area contributed by atoms with Crippen LogP contribution in [0.1, 0.15) is 15.9 Å². The van der Waals surface area contributed by atoms with Crippen LogP contribution in [0.3, 0.4) is 0 Å². The van der Waals surface area contributed by atoms with Gasteiger partial charge in [0.2, 0.25) is 11.5 Å². The van der Waals surface area contributed by atoms with Gasteiger partial charge in [-0.3, -0.25) is 4.79 Å². The predicted octanol–water partition coefficient (Wildman–Crippen LogP) is 1.75. The number of carbonyl (C=O) groups excluding carboxylic acids is 1. The molecule has 104 valence electrons. The van der Waals surface area contributed by atoms with Gasteiger partial charge in [-0.05, 0) is 24.3 Å². The largest absolute Gasteiger partial charge is 0.504 e. The third kappa shape index (κ3) is 2.07. The minimum atomic E-state index is -0.742. The van der Waals surface area contributed by atoms with Crippen LogP contribution in [0.25, 0.3) is 0 Å². The van der Waals surface area contributed by atoms with Crippen molar-refractivity contribution in [2.45, 2.75) is 0 Å². The summed E-state index contributed by atoms with van der Waals surface area (Å²) in [5.74, 6) is -3.00. The van der Waals surface area contributed by atoms with E-state index in [1.807, 2.05) is 0 Å². The minimum absolute atomic E-state index is 0.0131. The third-order valence-electron chi connectivity index (χ3n) is 2.84. The van der Waals surface area contributed by atoms with Crippen LogP contribution in [0.2, 0.25) is 0 Å². The van der Waals surface area contributed by atoms with E-state index in [-0.39, 0.29) is 16.9 Å². The zero-order chi connectivity index (χ0) is 14.9. The van der Waals surface area contributed by atoms with Gasteiger partial charge in [-0.1, -0.05) is 6.07 Å². The molecule has 0 saturated carbocycles. The lowest BCUT2D eigenvalue weighted by Crippen LogP contribution is -2.02. The van der Waals surface area contributed by atoms with Crippen molar-refractivity contribution >= 4 is 5.78 Å². The fourth-order valence-electron chi connectivity index (χ4n) is 1.77. The third-order valence-corrected chi connectivity index (χ3v) is 2.84. The maximum Gasteiger partial charge on any atom is 0.201 e. The first-order chi connectivity index (χ1) is 9.47. The molecule has 6 nitrogen and oxygen atoms in total. The second-order valence-corrected chi connectivity index (χ2v) is 4.02. The molecule has 0 amide bonds. The number of aromatic hydroxyl groups is 4. The molecule has 2 aromatic carbocycles. The topological polar surface area (TPSA) is 107 Å². The molecular formula is C14H12O6. The molecule has 0 spiro atoms. The first kappa shape index (κ1) is 13.5. The molecular weight excluding hydrogens is 264 g/mol. The van der Waals surface area contributed by atoms with E-state index >= 15 is 0 Å². The van der Waals surface area contributed by atoms with Crippen LogP contribution < -0.4 is 4.74 Å². The van der Waals surface area contributed by atoms with Crippen molar-refractivity contribution in [2.24, 2.45) is 0 Å². The first-order valence-corrected chi connectivity index (χ1v) is 5.62. The number of ether oxygens (including phenoxy) is 1. The lowest BCUT2D eigenvalue weighted by Gasteiger charge is -2.10. The van der Waals surface area contributed by atoms with Crippen molar-refractivity contribution in [3.8, 4) is 28.7 Å². The van der Waals surface area contributed by atoms with E-state index in [9.17, 15) is 25.2 Å². The zero-order valence-corrected chi connectivity index (χ0v) is 10.5. The van der Waals surface area contributed by atoms with Crippen LogP contribution in [-0.2, 0) is 0 Å². The van der Waals surface area contributed by atoms with Crippen LogP contribution in [0.15, 0.2) is 30.3 Å². The lowest BCUT2D eigenvalue weighted by atomic mass is 10.0. The van der Waals surface area contributed by atoms with Crippen LogP contribution in [-0.4, -0.2) is 33.3 Å². The molecule has 0 aliphatic heterocycles. The standard InChI is InChI=1S/C14H12O6/c1-20-10-6-5-8(13(18)14(10)19)11(16)7-3-2-4-9(15)12(7)17/h2-6,15,17-19H,1H3. The summed E-state index contributed by atoms with van der Waals surface area (Å²) in [5.41, 5.74) is -0.408. The van der Waals surface area contributed by atoms with E-state index in [4.69, 9.17) is 4.74 Å². The fraction of sp³-hybridized carbons (Fsp3) is 0.0714. The van der Waals surface area contributed by atoms with E-state index in [2.05, 4.69) is 0 Å². The van der Waals surface area contributed by atoms with E-state index in [1.54, 1.807) is 0 Å². The Hall–Kier alpha value is -2.89. The van der Waals surface area contributed by atoms with Crippen LogP contribution in [0.4, 0.5) is 0 Å². The molecule has 0 aliphatic carbocycles. The number of methoxy groups -OCH3 is 1. The summed E-state index contributed by atoms with van der Waals surface area (Å²) < 4.78 is 4.80. The second-order valence-electron chi connectivity index (χ2n) is 4.02. The summed E-state index contributed by atoms with van der Waals surface area (Å²) in [6.45, 7) is 0. The average Bonchev–Trinajstić information content (AvgIpc) is 2.44. The van der Waals surface area contributed by atoms with Crippen molar-refractivity contribution in [1.82, 2.24) is 0 Å². The van der Waals surface area contributed by atoms with E-state index in [1.165, 1.54) is 37.4 Å². The van der Waals surface area contributed by atoms with Gasteiger partial charge < -0.3 is 25.2 Å². The van der Waals surface area contributed by atoms with Crippen LogP contribution >= 0.6 is 0 Å². The number of ketones is 1. The predicted molar refractivity (Wildman–Crippen MR) is 69.5 cm³/mol. The molecule has 4 N–H and O–H groups in total. The van der Waals surface area contributed by atoms with Gasteiger partial charge in [-0.15, -0.1) is 0 Å². The second kappa shape index (κ2) is 5.00. The van der Waals surface area contributed by atoms with Crippen LogP contribution in [0, 0.1) is 0 Å². The quantitative estimate of drug-likeness (QED) is 0.502. The molecule has 6 heteroatoms. The number of para-hydroxylation sites is 1. The Bertz CT molecular complexity index is 678. The molecule has 0 saturated heterocycles. The summed E-state index contributed by atoms with van der Waals surface area (Å²) in [4.78, 5) is 12.2. The Morgan fingerprint density at radius 1 is 0.900 bits per heavy atom. The molecule has 0 aromatic heterocycles. The maximum atomic E-state index is 12.2. The maximum absolute atomic E-state index is 12.2. The van der Waals surface area contributed by atoms with Gasteiger partial charge in [-0.2, -0.15) is 0 Å². The summed E-state index contributed by atoms with van der Waals surface area (Å²) >= 11 is 0. The van der Waals surface area contributed by atoms with Gasteiger partial charge >= 0.3 is 0 Å². The molecule has 0 bridgehead atoms. The average molecular weight is 276 g/mol. The molecule has 0 fully saturated rings. The Morgan fingerprint density at radius 3 is 2.20 bits per heavy atom.